The molecule has 17 heavy (non-hydrogen) atoms. The van der Waals surface area contributed by atoms with E-state index in [-0.39, 0.29) is 0 Å². The van der Waals surface area contributed by atoms with Crippen LogP contribution in [0.15, 0.2) is 12.2 Å². The Morgan fingerprint density at radius 2 is 1.71 bits per heavy atom. The smallest absolute Gasteiger partial charge is 0.0410 e. The zero-order valence-corrected chi connectivity index (χ0v) is 12.4. The predicted molar refractivity (Wildman–Crippen MR) is 77.5 cm³/mol. The molecule has 2 atom stereocenters. The number of rotatable bonds is 6. The second kappa shape index (κ2) is 9.16. The second-order valence-corrected chi connectivity index (χ2v) is 5.71. The van der Waals surface area contributed by atoms with Crippen molar-refractivity contribution in [3.8, 4) is 12.0 Å². The van der Waals surface area contributed by atoms with Gasteiger partial charge < -0.3 is 5.32 Å². The molecule has 0 aliphatic heterocycles. The standard InChI is InChI=1S/C16H29N/c1-13(2)12-15(5)9-11-17-10-7-8-16(6)14(3)4/h7-8,13-17H,10,12H2,1-6H3/b8-7+. The lowest BCUT2D eigenvalue weighted by atomic mass is 9.98. The average Bonchev–Trinajstić information content (AvgIpc) is 2.21. The molecule has 0 amide bonds. The summed E-state index contributed by atoms with van der Waals surface area (Å²) in [6.45, 7) is 14.2. The summed E-state index contributed by atoms with van der Waals surface area (Å²) in [5, 5.41) is 3.14. The van der Waals surface area contributed by atoms with Crippen LogP contribution in [0.5, 0.6) is 0 Å². The van der Waals surface area contributed by atoms with Gasteiger partial charge in [-0.05, 0) is 24.2 Å². The van der Waals surface area contributed by atoms with Crippen LogP contribution in [0.4, 0.5) is 0 Å². The Kier molecular flexibility index (Phi) is 8.68. The number of allylic oxidation sites excluding steroid dienone is 1. The number of hydrogen-bond donors (Lipinski definition) is 1. The minimum absolute atomic E-state index is 0.487. The van der Waals surface area contributed by atoms with E-state index in [1.807, 2.05) is 0 Å². The summed E-state index contributed by atoms with van der Waals surface area (Å²) >= 11 is 0. The fraction of sp³-hybridized carbons (Fsp3) is 0.750. The molecule has 0 aromatic rings. The third-order valence-corrected chi connectivity index (χ3v) is 2.94. The normalized spacial score (nSPS) is 14.8. The highest BCUT2D eigenvalue weighted by Gasteiger charge is 2.01. The molecule has 0 saturated carbocycles. The number of hydrogen-bond acceptors (Lipinski definition) is 1. The highest BCUT2D eigenvalue weighted by molar-refractivity contribution is 5.02. The van der Waals surface area contributed by atoms with E-state index in [1.54, 1.807) is 0 Å². The predicted octanol–water partition coefficient (Wildman–Crippen LogP) is 4.07. The van der Waals surface area contributed by atoms with E-state index in [9.17, 15) is 0 Å². The maximum atomic E-state index is 3.23. The van der Waals surface area contributed by atoms with Crippen LogP contribution in [0.25, 0.3) is 0 Å². The molecule has 0 saturated heterocycles. The van der Waals surface area contributed by atoms with Crippen LogP contribution in [0, 0.1) is 35.6 Å². The Bertz CT molecular complexity index is 265. The van der Waals surface area contributed by atoms with E-state index < -0.39 is 0 Å². The van der Waals surface area contributed by atoms with Gasteiger partial charge in [0.15, 0.2) is 0 Å². The van der Waals surface area contributed by atoms with Crippen LogP contribution in [0.1, 0.15) is 48.0 Å². The van der Waals surface area contributed by atoms with E-state index in [0.717, 1.165) is 12.5 Å². The molecule has 0 aliphatic rings. The summed E-state index contributed by atoms with van der Waals surface area (Å²) < 4.78 is 0. The van der Waals surface area contributed by atoms with Gasteiger partial charge in [0, 0.05) is 18.5 Å². The molecular formula is C16H29N. The van der Waals surface area contributed by atoms with Gasteiger partial charge in [0.2, 0.25) is 0 Å². The minimum atomic E-state index is 0.487. The SMILES string of the molecule is CC(C)CC(C)C#CNC/C=C/C(C)C(C)C. The van der Waals surface area contributed by atoms with E-state index in [1.165, 1.54) is 6.42 Å². The van der Waals surface area contributed by atoms with Gasteiger partial charge >= 0.3 is 0 Å². The fourth-order valence-corrected chi connectivity index (χ4v) is 1.56. The van der Waals surface area contributed by atoms with Crippen LogP contribution in [0.2, 0.25) is 0 Å². The maximum Gasteiger partial charge on any atom is 0.0410 e. The van der Waals surface area contributed by atoms with Crippen LogP contribution in [-0.2, 0) is 0 Å². The van der Waals surface area contributed by atoms with Crippen molar-refractivity contribution in [3.63, 3.8) is 0 Å². The summed E-state index contributed by atoms with van der Waals surface area (Å²) in [4.78, 5) is 0. The molecule has 0 heterocycles. The van der Waals surface area contributed by atoms with Gasteiger partial charge in [-0.25, -0.2) is 0 Å². The molecule has 0 spiro atoms. The molecule has 2 unspecified atom stereocenters. The van der Waals surface area contributed by atoms with Gasteiger partial charge in [-0.2, -0.15) is 0 Å². The van der Waals surface area contributed by atoms with Crippen LogP contribution in [0.3, 0.4) is 0 Å². The van der Waals surface area contributed by atoms with E-state index in [4.69, 9.17) is 0 Å². The number of nitrogens with one attached hydrogen (secondary N) is 1. The monoisotopic (exact) mass is 235 g/mol. The van der Waals surface area contributed by atoms with E-state index >= 15 is 0 Å². The molecule has 0 bridgehead atoms. The minimum Gasteiger partial charge on any atom is -0.342 e. The molecule has 0 radical (unpaired) electrons. The molecule has 0 aromatic heterocycles. The molecule has 0 fully saturated rings. The maximum absolute atomic E-state index is 3.23. The van der Waals surface area contributed by atoms with E-state index in [0.29, 0.717) is 17.8 Å². The van der Waals surface area contributed by atoms with Gasteiger partial charge in [0.05, 0.1) is 0 Å². The molecule has 1 nitrogen and oxygen atoms in total. The molecule has 98 valence electrons. The molecular weight excluding hydrogens is 206 g/mol. The van der Waals surface area contributed by atoms with Crippen molar-refractivity contribution in [1.82, 2.24) is 5.32 Å². The zero-order valence-electron chi connectivity index (χ0n) is 12.4. The Labute approximate surface area is 108 Å². The summed E-state index contributed by atoms with van der Waals surface area (Å²) in [6.07, 6.45) is 5.61. The van der Waals surface area contributed by atoms with Crippen molar-refractivity contribution in [2.45, 2.75) is 48.0 Å². The molecule has 1 N–H and O–H groups in total. The van der Waals surface area contributed by atoms with Crippen molar-refractivity contribution >= 4 is 0 Å². The third kappa shape index (κ3) is 10.00. The van der Waals surface area contributed by atoms with Crippen molar-refractivity contribution in [1.29, 1.82) is 0 Å². The van der Waals surface area contributed by atoms with Gasteiger partial charge in [-0.15, -0.1) is 0 Å². The Balaban J connectivity index is 3.74. The van der Waals surface area contributed by atoms with Crippen molar-refractivity contribution in [2.75, 3.05) is 6.54 Å². The van der Waals surface area contributed by atoms with Crippen molar-refractivity contribution in [2.24, 2.45) is 23.7 Å². The lowest BCUT2D eigenvalue weighted by Gasteiger charge is -2.09. The third-order valence-electron chi connectivity index (χ3n) is 2.94. The zero-order chi connectivity index (χ0) is 13.3. The highest BCUT2D eigenvalue weighted by Crippen LogP contribution is 2.10. The first kappa shape index (κ1) is 16.1. The average molecular weight is 235 g/mol. The lowest BCUT2D eigenvalue weighted by Crippen LogP contribution is -2.07. The summed E-state index contributed by atoms with van der Waals surface area (Å²) in [5.41, 5.74) is 0. The molecule has 1 heteroatoms. The Morgan fingerprint density at radius 1 is 1.06 bits per heavy atom. The van der Waals surface area contributed by atoms with Gasteiger partial charge in [-0.1, -0.05) is 59.6 Å². The topological polar surface area (TPSA) is 12.0 Å². The van der Waals surface area contributed by atoms with E-state index in [2.05, 4.69) is 71.0 Å². The van der Waals surface area contributed by atoms with Gasteiger partial charge in [0.1, 0.15) is 0 Å². The highest BCUT2D eigenvalue weighted by atomic mass is 14.8. The quantitative estimate of drug-likeness (QED) is 0.317. The first-order chi connectivity index (χ1) is 7.93. The van der Waals surface area contributed by atoms with Gasteiger partial charge in [0.25, 0.3) is 0 Å². The van der Waals surface area contributed by atoms with Crippen LogP contribution >= 0.6 is 0 Å². The first-order valence-electron chi connectivity index (χ1n) is 6.83. The largest absolute Gasteiger partial charge is 0.342 e. The van der Waals surface area contributed by atoms with Gasteiger partial charge in [-0.3, -0.25) is 0 Å². The summed E-state index contributed by atoms with van der Waals surface area (Å²) in [5.74, 6) is 5.80. The molecule has 0 aliphatic carbocycles. The molecule has 0 aromatic carbocycles. The second-order valence-electron chi connectivity index (χ2n) is 5.71. The Hall–Kier alpha value is -0.900. The van der Waals surface area contributed by atoms with Crippen LogP contribution < -0.4 is 5.32 Å². The van der Waals surface area contributed by atoms with Crippen molar-refractivity contribution < 1.29 is 0 Å². The Morgan fingerprint density at radius 3 is 2.24 bits per heavy atom. The van der Waals surface area contributed by atoms with Crippen molar-refractivity contribution in [3.05, 3.63) is 12.2 Å². The molecule has 0 rings (SSSR count). The summed E-state index contributed by atoms with van der Waals surface area (Å²) in [6, 6.07) is 3.04. The fourth-order valence-electron chi connectivity index (χ4n) is 1.56. The summed E-state index contributed by atoms with van der Waals surface area (Å²) in [7, 11) is 0. The lowest BCUT2D eigenvalue weighted by molar-refractivity contribution is 0.503. The van der Waals surface area contributed by atoms with Crippen LogP contribution in [-0.4, -0.2) is 6.54 Å². The first-order valence-corrected chi connectivity index (χ1v) is 6.83.